The van der Waals surface area contributed by atoms with Gasteiger partial charge in [0.2, 0.25) is 21.8 Å². The molecule has 3 N–H and O–H groups in total. The third kappa shape index (κ3) is 8.33. The first-order chi connectivity index (χ1) is 19.6. The van der Waals surface area contributed by atoms with E-state index in [0.29, 0.717) is 24.6 Å². The number of hydrogen-bond acceptors (Lipinski definition) is 8. The molecule has 0 unspecified atom stereocenters. The Morgan fingerprint density at radius 1 is 0.927 bits per heavy atom. The van der Waals surface area contributed by atoms with Crippen molar-refractivity contribution >= 4 is 44.6 Å². The lowest BCUT2D eigenvalue weighted by Gasteiger charge is -2.29. The summed E-state index contributed by atoms with van der Waals surface area (Å²) in [5, 5.41) is 16.2. The molecule has 1 heterocycles. The largest absolute Gasteiger partial charge is 0.378 e. The van der Waals surface area contributed by atoms with Crippen LogP contribution in [0.4, 0.5) is 22.7 Å². The Labute approximate surface area is 237 Å². The monoisotopic (exact) mass is 581 g/mol. The Hall–Kier alpha value is -4.33. The standard InChI is InChI=1S/C28H31N5O7S/c1-20-2-12-25(13-3-20)41(38,39)31-26(14-15-27(34)29-21-6-10-24(11-7-21)33(36)37)28(35)30-22-4-8-23(9-5-22)32-16-18-40-19-17-32/h2-13,26,31H,14-19H2,1H3,(H,29,34)(H,30,35)/t26-/m0/s1. The molecule has 3 aromatic carbocycles. The van der Waals surface area contributed by atoms with Crippen molar-refractivity contribution in [3.63, 3.8) is 0 Å². The van der Waals surface area contributed by atoms with E-state index in [9.17, 15) is 28.1 Å². The topological polar surface area (TPSA) is 160 Å². The summed E-state index contributed by atoms with van der Waals surface area (Å²) in [5.41, 5.74) is 2.54. The SMILES string of the molecule is Cc1ccc(S(=O)(=O)N[C@@H](CCC(=O)Nc2ccc([N+](=O)[O-])cc2)C(=O)Nc2ccc(N3CCOCC3)cc2)cc1. The number of carbonyl (C=O) groups is 2. The summed E-state index contributed by atoms with van der Waals surface area (Å²) in [4.78, 5) is 38.3. The Kier molecular flexibility index (Phi) is 9.65. The summed E-state index contributed by atoms with van der Waals surface area (Å²) in [6, 6.07) is 17.4. The minimum atomic E-state index is -4.08. The van der Waals surface area contributed by atoms with Crippen molar-refractivity contribution in [3.8, 4) is 0 Å². The fourth-order valence-corrected chi connectivity index (χ4v) is 5.42. The lowest BCUT2D eigenvalue weighted by Crippen LogP contribution is -2.44. The van der Waals surface area contributed by atoms with Crippen molar-refractivity contribution in [1.29, 1.82) is 0 Å². The molecule has 0 saturated carbocycles. The summed E-state index contributed by atoms with van der Waals surface area (Å²) in [7, 11) is -4.08. The minimum Gasteiger partial charge on any atom is -0.378 e. The fourth-order valence-electron chi connectivity index (χ4n) is 4.19. The van der Waals surface area contributed by atoms with E-state index in [1.165, 1.54) is 36.4 Å². The predicted octanol–water partition coefficient (Wildman–Crippen LogP) is 3.44. The van der Waals surface area contributed by atoms with E-state index in [-0.39, 0.29) is 23.4 Å². The number of sulfonamides is 1. The van der Waals surface area contributed by atoms with Crippen LogP contribution in [0, 0.1) is 17.0 Å². The maximum atomic E-state index is 13.3. The number of amides is 2. The van der Waals surface area contributed by atoms with Gasteiger partial charge in [-0.1, -0.05) is 17.7 Å². The predicted molar refractivity (Wildman–Crippen MR) is 154 cm³/mol. The fraction of sp³-hybridized carbons (Fsp3) is 0.286. The van der Waals surface area contributed by atoms with Gasteiger partial charge in [0.25, 0.3) is 5.69 Å². The summed E-state index contributed by atoms with van der Waals surface area (Å²) >= 11 is 0. The lowest BCUT2D eigenvalue weighted by atomic mass is 10.1. The van der Waals surface area contributed by atoms with Crippen molar-refractivity contribution in [2.24, 2.45) is 0 Å². The number of rotatable bonds is 11. The van der Waals surface area contributed by atoms with Gasteiger partial charge in [0.05, 0.1) is 23.0 Å². The highest BCUT2D eigenvalue weighted by molar-refractivity contribution is 7.89. The highest BCUT2D eigenvalue weighted by Crippen LogP contribution is 2.20. The molecule has 1 atom stereocenters. The van der Waals surface area contributed by atoms with E-state index in [0.717, 1.165) is 24.3 Å². The molecular formula is C28H31N5O7S. The van der Waals surface area contributed by atoms with Crippen molar-refractivity contribution in [2.75, 3.05) is 41.8 Å². The van der Waals surface area contributed by atoms with Gasteiger partial charge in [0.1, 0.15) is 6.04 Å². The molecule has 1 aliphatic heterocycles. The van der Waals surface area contributed by atoms with Gasteiger partial charge in [0.15, 0.2) is 0 Å². The van der Waals surface area contributed by atoms with Crippen LogP contribution >= 0.6 is 0 Å². The molecule has 13 heteroatoms. The van der Waals surface area contributed by atoms with E-state index in [1.807, 2.05) is 19.1 Å². The molecule has 0 radical (unpaired) electrons. The van der Waals surface area contributed by atoms with E-state index in [2.05, 4.69) is 20.3 Å². The highest BCUT2D eigenvalue weighted by Gasteiger charge is 2.27. The number of carbonyl (C=O) groups excluding carboxylic acids is 2. The van der Waals surface area contributed by atoms with Gasteiger partial charge in [-0.05, 0) is 61.9 Å². The number of nitro benzene ring substituents is 1. The van der Waals surface area contributed by atoms with E-state index < -0.39 is 32.8 Å². The quantitative estimate of drug-likeness (QED) is 0.229. The number of ether oxygens (including phenoxy) is 1. The maximum Gasteiger partial charge on any atom is 0.269 e. The van der Waals surface area contributed by atoms with Crippen LogP contribution in [0.25, 0.3) is 0 Å². The zero-order valence-corrected chi connectivity index (χ0v) is 23.2. The number of nitro groups is 1. The first-order valence-electron chi connectivity index (χ1n) is 13.0. The van der Waals surface area contributed by atoms with E-state index >= 15 is 0 Å². The van der Waals surface area contributed by atoms with Crippen LogP contribution < -0.4 is 20.3 Å². The molecule has 41 heavy (non-hydrogen) atoms. The Balaban J connectivity index is 1.45. The molecule has 0 aliphatic carbocycles. The van der Waals surface area contributed by atoms with Gasteiger partial charge in [-0.3, -0.25) is 19.7 Å². The number of benzene rings is 3. The maximum absolute atomic E-state index is 13.3. The van der Waals surface area contributed by atoms with Crippen molar-refractivity contribution < 1.29 is 27.7 Å². The van der Waals surface area contributed by atoms with Gasteiger partial charge >= 0.3 is 0 Å². The van der Waals surface area contributed by atoms with Gasteiger partial charge in [-0.2, -0.15) is 4.72 Å². The minimum absolute atomic E-state index is 0.00824. The van der Waals surface area contributed by atoms with Crippen LogP contribution in [0.15, 0.2) is 77.7 Å². The summed E-state index contributed by atoms with van der Waals surface area (Å²) in [6.07, 6.45) is -0.330. The second-order valence-electron chi connectivity index (χ2n) is 9.51. The van der Waals surface area contributed by atoms with Crippen LogP contribution in [-0.2, 0) is 24.3 Å². The number of anilines is 3. The van der Waals surface area contributed by atoms with Crippen LogP contribution in [0.1, 0.15) is 18.4 Å². The van der Waals surface area contributed by atoms with Gasteiger partial charge < -0.3 is 20.3 Å². The number of non-ortho nitro benzene ring substituents is 1. The number of morpholine rings is 1. The summed E-state index contributed by atoms with van der Waals surface area (Å²) in [5.74, 6) is -1.11. The normalized spacial score (nSPS) is 14.2. The molecule has 4 rings (SSSR count). The molecule has 0 bridgehead atoms. The molecule has 12 nitrogen and oxygen atoms in total. The molecule has 216 valence electrons. The first-order valence-corrected chi connectivity index (χ1v) is 14.5. The van der Waals surface area contributed by atoms with Crippen LogP contribution in [0.2, 0.25) is 0 Å². The van der Waals surface area contributed by atoms with Gasteiger partial charge in [-0.25, -0.2) is 8.42 Å². The van der Waals surface area contributed by atoms with Gasteiger partial charge in [-0.15, -0.1) is 0 Å². The zero-order valence-electron chi connectivity index (χ0n) is 22.4. The Morgan fingerprint density at radius 2 is 1.51 bits per heavy atom. The van der Waals surface area contributed by atoms with Gasteiger partial charge in [0, 0.05) is 48.7 Å². The molecule has 0 spiro atoms. The summed E-state index contributed by atoms with van der Waals surface area (Å²) < 4.78 is 34.0. The summed E-state index contributed by atoms with van der Waals surface area (Å²) in [6.45, 7) is 4.62. The number of nitrogens with zero attached hydrogens (tertiary/aromatic N) is 2. The third-order valence-corrected chi connectivity index (χ3v) is 7.97. The molecule has 0 aromatic heterocycles. The smallest absolute Gasteiger partial charge is 0.269 e. The van der Waals surface area contributed by atoms with E-state index in [1.54, 1.807) is 24.3 Å². The second-order valence-corrected chi connectivity index (χ2v) is 11.2. The first kappa shape index (κ1) is 29.6. The van der Waals surface area contributed by atoms with Crippen LogP contribution in [-0.4, -0.2) is 57.5 Å². The van der Waals surface area contributed by atoms with Crippen LogP contribution in [0.5, 0.6) is 0 Å². The highest BCUT2D eigenvalue weighted by atomic mass is 32.2. The molecule has 3 aromatic rings. The Bertz CT molecular complexity index is 1470. The van der Waals surface area contributed by atoms with E-state index in [4.69, 9.17) is 4.74 Å². The van der Waals surface area contributed by atoms with Crippen LogP contribution in [0.3, 0.4) is 0 Å². The third-order valence-electron chi connectivity index (χ3n) is 6.48. The molecule has 1 fully saturated rings. The number of hydrogen-bond donors (Lipinski definition) is 3. The van der Waals surface area contributed by atoms with Crippen molar-refractivity contribution in [1.82, 2.24) is 4.72 Å². The van der Waals surface area contributed by atoms with Crippen molar-refractivity contribution in [3.05, 3.63) is 88.5 Å². The lowest BCUT2D eigenvalue weighted by molar-refractivity contribution is -0.384. The second kappa shape index (κ2) is 13.4. The number of nitrogens with one attached hydrogen (secondary N) is 3. The number of aryl methyl sites for hydroxylation is 1. The average molecular weight is 582 g/mol. The van der Waals surface area contributed by atoms with Crippen molar-refractivity contribution in [2.45, 2.75) is 30.7 Å². The Morgan fingerprint density at radius 3 is 2.12 bits per heavy atom. The molecule has 1 saturated heterocycles. The average Bonchev–Trinajstić information content (AvgIpc) is 2.96. The zero-order chi connectivity index (χ0) is 29.4. The molecule has 1 aliphatic rings. The molecular weight excluding hydrogens is 550 g/mol. The molecule has 2 amide bonds.